The number of carbonyl (C=O) groups excluding carboxylic acids is 1. The number of benzene rings is 3. The first-order valence-corrected chi connectivity index (χ1v) is 10.6. The summed E-state index contributed by atoms with van der Waals surface area (Å²) in [6.45, 7) is 0.475. The molecule has 1 atom stereocenters. The molecule has 1 aromatic heterocycles. The largest absolute Gasteiger partial charge is 0.416 e. The highest BCUT2D eigenvalue weighted by Crippen LogP contribution is 2.37. The molecule has 0 bridgehead atoms. The van der Waals surface area contributed by atoms with Crippen LogP contribution in [0.2, 0.25) is 0 Å². The lowest BCUT2D eigenvalue weighted by atomic mass is 9.87. The second-order valence-corrected chi connectivity index (χ2v) is 7.97. The molecule has 4 nitrogen and oxygen atoms in total. The number of hydrogen-bond acceptors (Lipinski definition) is 2. The van der Waals surface area contributed by atoms with Crippen molar-refractivity contribution in [3.63, 3.8) is 0 Å². The number of fused-ring (bicyclic) bond motifs is 1. The van der Waals surface area contributed by atoms with Crippen molar-refractivity contribution in [2.45, 2.75) is 18.6 Å². The Morgan fingerprint density at radius 1 is 0.909 bits per heavy atom. The maximum absolute atomic E-state index is 13.5. The zero-order chi connectivity index (χ0) is 23.0. The van der Waals surface area contributed by atoms with Gasteiger partial charge in [-0.1, -0.05) is 36.4 Å². The van der Waals surface area contributed by atoms with Crippen molar-refractivity contribution < 1.29 is 18.0 Å². The number of nitrogens with zero attached hydrogens (tertiary/aromatic N) is 3. The predicted octanol–water partition coefficient (Wildman–Crippen LogP) is 5.68. The molecule has 0 spiro atoms. The summed E-state index contributed by atoms with van der Waals surface area (Å²) in [5.74, 6) is -0.165. The highest BCUT2D eigenvalue weighted by Gasteiger charge is 2.34. The van der Waals surface area contributed by atoms with Crippen molar-refractivity contribution in [3.8, 4) is 5.69 Å². The summed E-state index contributed by atoms with van der Waals surface area (Å²) < 4.78 is 41.0. The quantitative estimate of drug-likeness (QED) is 0.405. The molecule has 4 aromatic rings. The van der Waals surface area contributed by atoms with E-state index in [-0.39, 0.29) is 5.91 Å². The Bertz CT molecular complexity index is 1260. The van der Waals surface area contributed by atoms with Crippen LogP contribution in [0.1, 0.15) is 38.7 Å². The van der Waals surface area contributed by atoms with Gasteiger partial charge in [0.2, 0.25) is 0 Å². The Labute approximate surface area is 188 Å². The normalized spacial score (nSPS) is 15.8. The van der Waals surface area contributed by atoms with Crippen molar-refractivity contribution in [1.29, 1.82) is 0 Å². The minimum atomic E-state index is -4.41. The maximum atomic E-state index is 13.5. The lowest BCUT2D eigenvalue weighted by Crippen LogP contribution is -2.40. The van der Waals surface area contributed by atoms with Gasteiger partial charge in [0.25, 0.3) is 5.91 Å². The first-order chi connectivity index (χ1) is 15.9. The number of halogens is 3. The van der Waals surface area contributed by atoms with Gasteiger partial charge in [0.15, 0.2) is 0 Å². The smallest absolute Gasteiger partial charge is 0.327 e. The summed E-state index contributed by atoms with van der Waals surface area (Å²) in [7, 11) is 0. The molecule has 3 aromatic carbocycles. The van der Waals surface area contributed by atoms with Crippen molar-refractivity contribution in [3.05, 3.63) is 119 Å². The number of alkyl halides is 3. The Hall–Kier alpha value is -3.87. The molecule has 0 aliphatic carbocycles. The number of rotatable bonds is 3. The van der Waals surface area contributed by atoms with Crippen LogP contribution in [-0.4, -0.2) is 27.1 Å². The monoisotopic (exact) mass is 447 g/mol. The molecule has 7 heteroatoms. The van der Waals surface area contributed by atoms with Gasteiger partial charge in [-0.25, -0.2) is 4.68 Å². The fraction of sp³-hybridized carbons (Fsp3) is 0.154. The third-order valence-electron chi connectivity index (χ3n) is 5.98. The van der Waals surface area contributed by atoms with Crippen LogP contribution < -0.4 is 0 Å². The van der Waals surface area contributed by atoms with E-state index in [2.05, 4.69) is 5.10 Å². The van der Waals surface area contributed by atoms with Gasteiger partial charge in [-0.3, -0.25) is 4.79 Å². The third kappa shape index (κ3) is 4.02. The van der Waals surface area contributed by atoms with Crippen molar-refractivity contribution in [2.75, 3.05) is 6.54 Å². The molecule has 1 aliphatic heterocycles. The number of aromatic nitrogens is 2. The second-order valence-electron chi connectivity index (χ2n) is 7.97. The molecular formula is C26H20F3N3O. The minimum absolute atomic E-state index is 0.165. The van der Waals surface area contributed by atoms with E-state index >= 15 is 0 Å². The zero-order valence-electron chi connectivity index (χ0n) is 17.5. The summed E-state index contributed by atoms with van der Waals surface area (Å²) in [5, 5.41) is 4.19. The van der Waals surface area contributed by atoms with Crippen LogP contribution in [0.4, 0.5) is 13.2 Å². The molecule has 0 radical (unpaired) electrons. The molecule has 2 heterocycles. The van der Waals surface area contributed by atoms with Crippen LogP contribution in [-0.2, 0) is 12.6 Å². The Kier molecular flexibility index (Phi) is 5.24. The minimum Gasteiger partial charge on any atom is -0.327 e. The fourth-order valence-corrected chi connectivity index (χ4v) is 4.34. The molecule has 0 saturated carbocycles. The van der Waals surface area contributed by atoms with Gasteiger partial charge in [0, 0.05) is 24.5 Å². The van der Waals surface area contributed by atoms with E-state index < -0.39 is 17.8 Å². The molecular weight excluding hydrogens is 427 g/mol. The summed E-state index contributed by atoms with van der Waals surface area (Å²) >= 11 is 0. The van der Waals surface area contributed by atoms with Gasteiger partial charge < -0.3 is 4.90 Å². The number of amides is 1. The standard InChI is InChI=1S/C26H20F3N3O/c27-26(28,29)21-10-6-19(7-11-21)24-23-5-2-1-4-18(23)14-17-31(24)25(33)20-8-12-22(13-9-20)32-16-3-15-30-32/h1-13,15-16,24H,14,17H2. The fourth-order valence-electron chi connectivity index (χ4n) is 4.34. The molecule has 1 aliphatic rings. The van der Waals surface area contributed by atoms with E-state index in [0.29, 0.717) is 24.1 Å². The highest BCUT2D eigenvalue weighted by atomic mass is 19.4. The second kappa shape index (κ2) is 8.24. The topological polar surface area (TPSA) is 38.1 Å². The van der Waals surface area contributed by atoms with Crippen molar-refractivity contribution in [1.82, 2.24) is 14.7 Å². The maximum Gasteiger partial charge on any atom is 0.416 e. The van der Waals surface area contributed by atoms with E-state index in [1.807, 2.05) is 48.7 Å². The van der Waals surface area contributed by atoms with Crippen LogP contribution in [0.5, 0.6) is 0 Å². The Morgan fingerprint density at radius 2 is 1.64 bits per heavy atom. The van der Waals surface area contributed by atoms with Gasteiger partial charge in [0.05, 0.1) is 17.3 Å². The van der Waals surface area contributed by atoms with E-state index in [4.69, 9.17) is 0 Å². The number of hydrogen-bond donors (Lipinski definition) is 0. The molecule has 33 heavy (non-hydrogen) atoms. The SMILES string of the molecule is O=C(c1ccc(-n2cccn2)cc1)N1CCc2ccccc2C1c1ccc(C(F)(F)F)cc1. The van der Waals surface area contributed by atoms with Gasteiger partial charge in [0.1, 0.15) is 0 Å². The van der Waals surface area contributed by atoms with Gasteiger partial charge in [-0.05, 0) is 65.6 Å². The van der Waals surface area contributed by atoms with E-state index in [1.54, 1.807) is 27.9 Å². The highest BCUT2D eigenvalue weighted by molar-refractivity contribution is 5.95. The van der Waals surface area contributed by atoms with Gasteiger partial charge >= 0.3 is 6.18 Å². The van der Waals surface area contributed by atoms with Crippen LogP contribution in [0.3, 0.4) is 0 Å². The average Bonchev–Trinajstić information content (AvgIpc) is 3.38. The summed E-state index contributed by atoms with van der Waals surface area (Å²) in [6.07, 6.45) is -0.225. The van der Waals surface area contributed by atoms with Crippen molar-refractivity contribution >= 4 is 5.91 Å². The first-order valence-electron chi connectivity index (χ1n) is 10.6. The molecule has 1 unspecified atom stereocenters. The van der Waals surface area contributed by atoms with E-state index in [0.717, 1.165) is 28.9 Å². The molecule has 166 valence electrons. The van der Waals surface area contributed by atoms with E-state index in [9.17, 15) is 18.0 Å². The summed E-state index contributed by atoms with van der Waals surface area (Å²) in [5.41, 5.74) is 3.33. The lowest BCUT2D eigenvalue weighted by molar-refractivity contribution is -0.137. The Morgan fingerprint density at radius 3 is 2.30 bits per heavy atom. The van der Waals surface area contributed by atoms with Crippen molar-refractivity contribution in [2.24, 2.45) is 0 Å². The molecule has 0 fully saturated rings. The molecule has 1 amide bonds. The lowest BCUT2D eigenvalue weighted by Gasteiger charge is -2.38. The van der Waals surface area contributed by atoms with Crippen LogP contribution in [0.25, 0.3) is 5.69 Å². The van der Waals surface area contributed by atoms with Gasteiger partial charge in [-0.2, -0.15) is 18.3 Å². The number of carbonyl (C=O) groups is 1. The summed E-state index contributed by atoms with van der Waals surface area (Å²) in [4.78, 5) is 15.3. The third-order valence-corrected chi connectivity index (χ3v) is 5.98. The van der Waals surface area contributed by atoms with Crippen LogP contribution in [0.15, 0.2) is 91.3 Å². The van der Waals surface area contributed by atoms with Crippen LogP contribution >= 0.6 is 0 Å². The molecule has 0 N–H and O–H groups in total. The Balaban J connectivity index is 1.51. The summed E-state index contributed by atoms with van der Waals surface area (Å²) in [6, 6.07) is 21.4. The molecule has 0 saturated heterocycles. The predicted molar refractivity (Wildman–Crippen MR) is 118 cm³/mol. The average molecular weight is 447 g/mol. The molecule has 5 rings (SSSR count). The zero-order valence-corrected chi connectivity index (χ0v) is 17.5. The van der Waals surface area contributed by atoms with Gasteiger partial charge in [-0.15, -0.1) is 0 Å². The first kappa shape index (κ1) is 21.0. The van der Waals surface area contributed by atoms with E-state index in [1.165, 1.54) is 12.1 Å². The van der Waals surface area contributed by atoms with Crippen LogP contribution in [0, 0.1) is 0 Å².